The minimum absolute atomic E-state index is 0.811. The van der Waals surface area contributed by atoms with Gasteiger partial charge < -0.3 is 4.74 Å². The van der Waals surface area contributed by atoms with Gasteiger partial charge in [-0.25, -0.2) is 0 Å². The molecule has 106 valence electrons. The Hall–Kier alpha value is -1.02. The van der Waals surface area contributed by atoms with Gasteiger partial charge in [-0.05, 0) is 63.4 Å². The number of benzene rings is 1. The van der Waals surface area contributed by atoms with E-state index >= 15 is 0 Å². The van der Waals surface area contributed by atoms with Crippen LogP contribution in [-0.4, -0.2) is 31.1 Å². The minimum Gasteiger partial charge on any atom is -0.492 e. The van der Waals surface area contributed by atoms with Crippen molar-refractivity contribution in [3.05, 3.63) is 28.8 Å². The number of likely N-dealkylation sites (tertiary alicyclic amines) is 1. The highest BCUT2D eigenvalue weighted by Crippen LogP contribution is 2.25. The van der Waals surface area contributed by atoms with E-state index in [2.05, 4.69) is 37.8 Å². The zero-order valence-corrected chi connectivity index (χ0v) is 12.7. The van der Waals surface area contributed by atoms with Crippen LogP contribution < -0.4 is 4.74 Å². The predicted molar refractivity (Wildman–Crippen MR) is 81.1 cm³/mol. The molecule has 1 aromatic carbocycles. The summed E-state index contributed by atoms with van der Waals surface area (Å²) in [5.74, 6) is 1.09. The molecular formula is C17H27NO. The fourth-order valence-electron chi connectivity index (χ4n) is 2.78. The first-order valence-corrected chi connectivity index (χ1v) is 7.60. The maximum absolute atomic E-state index is 6.05. The molecule has 0 saturated carbocycles. The van der Waals surface area contributed by atoms with Gasteiger partial charge in [-0.3, -0.25) is 4.90 Å². The van der Waals surface area contributed by atoms with Crippen LogP contribution in [0, 0.1) is 20.8 Å². The molecule has 0 aliphatic carbocycles. The third-order valence-electron chi connectivity index (χ3n) is 4.23. The van der Waals surface area contributed by atoms with Crippen LogP contribution in [-0.2, 0) is 0 Å². The molecule has 1 saturated heterocycles. The molecule has 0 spiro atoms. The van der Waals surface area contributed by atoms with Crippen molar-refractivity contribution in [1.82, 2.24) is 4.90 Å². The van der Waals surface area contributed by atoms with Gasteiger partial charge in [0.25, 0.3) is 0 Å². The van der Waals surface area contributed by atoms with Crippen molar-refractivity contribution in [3.8, 4) is 5.75 Å². The molecule has 19 heavy (non-hydrogen) atoms. The van der Waals surface area contributed by atoms with Crippen LogP contribution in [0.2, 0.25) is 0 Å². The van der Waals surface area contributed by atoms with Crippen LogP contribution in [0.5, 0.6) is 5.75 Å². The lowest BCUT2D eigenvalue weighted by Gasteiger charge is -2.21. The summed E-state index contributed by atoms with van der Waals surface area (Å²) in [7, 11) is 0. The smallest absolute Gasteiger partial charge is 0.125 e. The summed E-state index contributed by atoms with van der Waals surface area (Å²) in [6.45, 7) is 10.8. The third-order valence-corrected chi connectivity index (χ3v) is 4.23. The largest absolute Gasteiger partial charge is 0.492 e. The normalized spacial score (nSPS) is 17.2. The summed E-state index contributed by atoms with van der Waals surface area (Å²) >= 11 is 0. The molecule has 0 bridgehead atoms. The first-order valence-electron chi connectivity index (χ1n) is 7.60. The van der Waals surface area contributed by atoms with Crippen LogP contribution in [0.4, 0.5) is 0 Å². The average Bonchev–Trinajstić information content (AvgIpc) is 2.67. The quantitative estimate of drug-likeness (QED) is 0.816. The van der Waals surface area contributed by atoms with E-state index in [1.807, 2.05) is 0 Å². The molecule has 0 atom stereocenters. The van der Waals surface area contributed by atoms with E-state index in [9.17, 15) is 0 Å². The lowest BCUT2D eigenvalue weighted by molar-refractivity contribution is 0.212. The second-order valence-corrected chi connectivity index (χ2v) is 5.76. The molecule has 1 aromatic rings. The summed E-state index contributed by atoms with van der Waals surface area (Å²) in [5.41, 5.74) is 3.85. The summed E-state index contributed by atoms with van der Waals surface area (Å²) in [4.78, 5) is 2.55. The third kappa shape index (κ3) is 3.97. The van der Waals surface area contributed by atoms with Crippen molar-refractivity contribution in [2.45, 2.75) is 46.5 Å². The molecule has 1 heterocycles. The number of hydrogen-bond acceptors (Lipinski definition) is 2. The van der Waals surface area contributed by atoms with E-state index in [1.165, 1.54) is 55.5 Å². The maximum atomic E-state index is 6.05. The molecule has 0 unspecified atom stereocenters. The molecule has 1 aliphatic rings. The Morgan fingerprint density at radius 2 is 1.58 bits per heavy atom. The summed E-state index contributed by atoms with van der Waals surface area (Å²) in [6, 6.07) is 4.33. The van der Waals surface area contributed by atoms with Crippen LogP contribution in [0.3, 0.4) is 0 Å². The van der Waals surface area contributed by atoms with Gasteiger partial charge in [-0.1, -0.05) is 25.0 Å². The molecule has 0 N–H and O–H groups in total. The summed E-state index contributed by atoms with van der Waals surface area (Å²) < 4.78 is 6.05. The van der Waals surface area contributed by atoms with E-state index in [-0.39, 0.29) is 0 Å². The van der Waals surface area contributed by atoms with Crippen LogP contribution in [0.15, 0.2) is 12.1 Å². The van der Waals surface area contributed by atoms with Crippen molar-refractivity contribution in [2.24, 2.45) is 0 Å². The molecule has 2 heteroatoms. The fourth-order valence-corrected chi connectivity index (χ4v) is 2.78. The lowest BCUT2D eigenvalue weighted by atomic mass is 10.1. The highest BCUT2D eigenvalue weighted by Gasteiger charge is 2.10. The van der Waals surface area contributed by atoms with Gasteiger partial charge in [0.2, 0.25) is 0 Å². The molecule has 2 rings (SSSR count). The Bertz CT molecular complexity index is 406. The Labute approximate surface area is 117 Å². The zero-order chi connectivity index (χ0) is 13.7. The molecular weight excluding hydrogens is 234 g/mol. The average molecular weight is 261 g/mol. The van der Waals surface area contributed by atoms with Crippen molar-refractivity contribution >= 4 is 0 Å². The number of hydrogen-bond donors (Lipinski definition) is 0. The van der Waals surface area contributed by atoms with Gasteiger partial charge in [0.05, 0.1) is 0 Å². The second kappa shape index (κ2) is 6.95. The molecule has 2 nitrogen and oxygen atoms in total. The standard InChI is InChI=1S/C17H27NO/c1-14-8-9-15(2)17(16(14)3)19-13-12-18-10-6-4-5-7-11-18/h8-9H,4-7,10-13H2,1-3H3. The van der Waals surface area contributed by atoms with Gasteiger partial charge in [0.15, 0.2) is 0 Å². The Morgan fingerprint density at radius 3 is 2.26 bits per heavy atom. The second-order valence-electron chi connectivity index (χ2n) is 5.76. The van der Waals surface area contributed by atoms with Crippen molar-refractivity contribution in [3.63, 3.8) is 0 Å². The summed E-state index contributed by atoms with van der Waals surface area (Å²) in [6.07, 6.45) is 5.49. The molecule has 0 radical (unpaired) electrons. The monoisotopic (exact) mass is 261 g/mol. The fraction of sp³-hybridized carbons (Fsp3) is 0.647. The van der Waals surface area contributed by atoms with Gasteiger partial charge in [-0.15, -0.1) is 0 Å². The molecule has 1 fully saturated rings. The van der Waals surface area contributed by atoms with E-state index < -0.39 is 0 Å². The number of ether oxygens (including phenoxy) is 1. The van der Waals surface area contributed by atoms with Gasteiger partial charge in [0.1, 0.15) is 12.4 Å². The van der Waals surface area contributed by atoms with E-state index in [4.69, 9.17) is 4.74 Å². The van der Waals surface area contributed by atoms with Gasteiger partial charge in [-0.2, -0.15) is 0 Å². The molecule has 0 aromatic heterocycles. The van der Waals surface area contributed by atoms with Gasteiger partial charge in [0, 0.05) is 6.54 Å². The van der Waals surface area contributed by atoms with E-state index in [1.54, 1.807) is 0 Å². The van der Waals surface area contributed by atoms with Gasteiger partial charge >= 0.3 is 0 Å². The zero-order valence-electron chi connectivity index (χ0n) is 12.7. The SMILES string of the molecule is Cc1ccc(C)c(OCCN2CCCCCC2)c1C. The topological polar surface area (TPSA) is 12.5 Å². The Kier molecular flexibility index (Phi) is 5.26. The highest BCUT2D eigenvalue weighted by atomic mass is 16.5. The Balaban J connectivity index is 1.87. The van der Waals surface area contributed by atoms with Crippen LogP contribution in [0.1, 0.15) is 42.4 Å². The Morgan fingerprint density at radius 1 is 0.947 bits per heavy atom. The maximum Gasteiger partial charge on any atom is 0.125 e. The van der Waals surface area contributed by atoms with E-state index in [0.717, 1.165) is 18.9 Å². The lowest BCUT2D eigenvalue weighted by Crippen LogP contribution is -2.29. The first-order chi connectivity index (χ1) is 9.18. The number of nitrogens with zero attached hydrogens (tertiary/aromatic N) is 1. The molecule has 0 amide bonds. The minimum atomic E-state index is 0.811. The van der Waals surface area contributed by atoms with E-state index in [0.29, 0.717) is 0 Å². The van der Waals surface area contributed by atoms with Crippen molar-refractivity contribution in [1.29, 1.82) is 0 Å². The number of rotatable bonds is 4. The van der Waals surface area contributed by atoms with Crippen LogP contribution >= 0.6 is 0 Å². The highest BCUT2D eigenvalue weighted by molar-refractivity contribution is 5.44. The predicted octanol–water partition coefficient (Wildman–Crippen LogP) is 3.87. The first kappa shape index (κ1) is 14.4. The summed E-state index contributed by atoms with van der Waals surface area (Å²) in [5, 5.41) is 0. The number of aryl methyl sites for hydroxylation is 2. The van der Waals surface area contributed by atoms with Crippen molar-refractivity contribution in [2.75, 3.05) is 26.2 Å². The van der Waals surface area contributed by atoms with Crippen LogP contribution in [0.25, 0.3) is 0 Å². The van der Waals surface area contributed by atoms with Crippen molar-refractivity contribution < 1.29 is 4.74 Å². The molecule has 1 aliphatic heterocycles.